The summed E-state index contributed by atoms with van der Waals surface area (Å²) in [7, 11) is 1.52. The summed E-state index contributed by atoms with van der Waals surface area (Å²) < 4.78 is 5.11. The Kier molecular flexibility index (Phi) is 9.52. The van der Waals surface area contributed by atoms with E-state index in [4.69, 9.17) is 15.7 Å². The third-order valence-electron chi connectivity index (χ3n) is 3.80. The maximum atomic E-state index is 12.0. The van der Waals surface area contributed by atoms with Gasteiger partial charge in [-0.3, -0.25) is 14.4 Å². The van der Waals surface area contributed by atoms with Crippen LogP contribution in [0, 0.1) is 0 Å². The second kappa shape index (κ2) is 11.6. The number of rotatable bonds is 11. The van der Waals surface area contributed by atoms with Crippen LogP contribution in [0.5, 0.6) is 0 Å². The Hall–Kier alpha value is -2.94. The lowest BCUT2D eigenvalue weighted by Crippen LogP contribution is -2.39. The van der Waals surface area contributed by atoms with Crippen LogP contribution in [0.25, 0.3) is 0 Å². The predicted octanol–water partition coefficient (Wildman–Crippen LogP) is 1.08. The van der Waals surface area contributed by atoms with E-state index in [1.54, 1.807) is 31.2 Å². The van der Waals surface area contributed by atoms with Gasteiger partial charge in [0.1, 0.15) is 0 Å². The van der Waals surface area contributed by atoms with Gasteiger partial charge in [0.25, 0.3) is 0 Å². The second-order valence-corrected chi connectivity index (χ2v) is 6.09. The maximum absolute atomic E-state index is 12.0. The van der Waals surface area contributed by atoms with Crippen LogP contribution < -0.4 is 16.5 Å². The fourth-order valence-electron chi connectivity index (χ4n) is 2.39. The quantitative estimate of drug-likeness (QED) is 0.258. The molecule has 148 valence electrons. The molecule has 27 heavy (non-hydrogen) atoms. The molecule has 2 unspecified atom stereocenters. The van der Waals surface area contributed by atoms with Crippen LogP contribution in [-0.4, -0.2) is 48.4 Å². The number of carboxylic acids is 1. The highest BCUT2D eigenvalue weighted by atomic mass is 16.5. The van der Waals surface area contributed by atoms with Crippen LogP contribution in [-0.2, 0) is 19.1 Å². The van der Waals surface area contributed by atoms with E-state index in [2.05, 4.69) is 15.7 Å². The summed E-state index contributed by atoms with van der Waals surface area (Å²) in [5.41, 5.74) is 1.39. The molecular weight excluding hydrogens is 352 g/mol. The molecule has 9 heteroatoms. The number of amides is 2. The first-order valence-corrected chi connectivity index (χ1v) is 8.51. The molecule has 0 fully saturated rings. The normalized spacial score (nSPS) is 13.1. The lowest BCUT2D eigenvalue weighted by Gasteiger charge is -2.20. The number of hydrogen-bond donors (Lipinski definition) is 4. The van der Waals surface area contributed by atoms with Crippen molar-refractivity contribution in [3.8, 4) is 0 Å². The van der Waals surface area contributed by atoms with E-state index in [0.29, 0.717) is 12.1 Å². The van der Waals surface area contributed by atoms with Gasteiger partial charge in [0.15, 0.2) is 0 Å². The number of benzene rings is 1. The smallest absolute Gasteiger partial charge is 0.305 e. The lowest BCUT2D eigenvalue weighted by molar-refractivity contribution is -0.138. The van der Waals surface area contributed by atoms with Crippen LogP contribution in [0.1, 0.15) is 38.2 Å². The number of carbonyl (C=O) groups excluding carboxylic acids is 2. The number of ether oxygens (including phenoxy) is 1. The first kappa shape index (κ1) is 22.1. The van der Waals surface area contributed by atoms with E-state index in [1.807, 2.05) is 0 Å². The Balaban J connectivity index is 2.46. The molecule has 0 bridgehead atoms. The SMILES string of the molecule is COC(C)CC(CC(=O)O)NC(=O)CCC(=O)Nc1ccc(C=NN)cc1. The highest BCUT2D eigenvalue weighted by Crippen LogP contribution is 2.10. The molecule has 0 radical (unpaired) electrons. The molecular formula is C18H26N4O5. The van der Waals surface area contributed by atoms with Gasteiger partial charge in [-0.2, -0.15) is 5.10 Å². The maximum Gasteiger partial charge on any atom is 0.305 e. The van der Waals surface area contributed by atoms with E-state index >= 15 is 0 Å². The summed E-state index contributed by atoms with van der Waals surface area (Å²) >= 11 is 0. The fourth-order valence-corrected chi connectivity index (χ4v) is 2.39. The van der Waals surface area contributed by atoms with Gasteiger partial charge in [-0.1, -0.05) is 12.1 Å². The minimum absolute atomic E-state index is 0.0164. The van der Waals surface area contributed by atoms with E-state index in [1.165, 1.54) is 13.3 Å². The average Bonchev–Trinajstić information content (AvgIpc) is 2.61. The van der Waals surface area contributed by atoms with Gasteiger partial charge in [0.05, 0.1) is 18.7 Å². The van der Waals surface area contributed by atoms with Crippen molar-refractivity contribution in [1.29, 1.82) is 0 Å². The first-order valence-electron chi connectivity index (χ1n) is 8.51. The Bertz CT molecular complexity index is 660. The minimum atomic E-state index is -1.01. The molecule has 0 aliphatic heterocycles. The van der Waals surface area contributed by atoms with Gasteiger partial charge in [-0.15, -0.1) is 0 Å². The molecule has 0 aromatic heterocycles. The molecule has 0 saturated carbocycles. The van der Waals surface area contributed by atoms with Crippen LogP contribution in [0.15, 0.2) is 29.4 Å². The van der Waals surface area contributed by atoms with Crippen molar-refractivity contribution in [2.75, 3.05) is 12.4 Å². The van der Waals surface area contributed by atoms with Gasteiger partial charge < -0.3 is 26.3 Å². The number of carbonyl (C=O) groups is 3. The highest BCUT2D eigenvalue weighted by Gasteiger charge is 2.19. The van der Waals surface area contributed by atoms with Gasteiger partial charge >= 0.3 is 5.97 Å². The molecule has 2 amide bonds. The van der Waals surface area contributed by atoms with Crippen LogP contribution >= 0.6 is 0 Å². The van der Waals surface area contributed by atoms with E-state index in [9.17, 15) is 14.4 Å². The zero-order chi connectivity index (χ0) is 20.2. The van der Waals surface area contributed by atoms with Gasteiger partial charge in [0.2, 0.25) is 11.8 Å². The summed E-state index contributed by atoms with van der Waals surface area (Å²) in [6, 6.07) is 6.33. The van der Waals surface area contributed by atoms with Crippen molar-refractivity contribution in [3.63, 3.8) is 0 Å². The third-order valence-corrected chi connectivity index (χ3v) is 3.80. The fraction of sp³-hybridized carbons (Fsp3) is 0.444. The van der Waals surface area contributed by atoms with Crippen molar-refractivity contribution < 1.29 is 24.2 Å². The van der Waals surface area contributed by atoms with Crippen molar-refractivity contribution >= 4 is 29.7 Å². The molecule has 1 aromatic rings. The first-order chi connectivity index (χ1) is 12.8. The summed E-state index contributed by atoms with van der Waals surface area (Å²) in [5, 5.41) is 17.7. The zero-order valence-corrected chi connectivity index (χ0v) is 15.5. The van der Waals surface area contributed by atoms with E-state index in [-0.39, 0.29) is 37.2 Å². The summed E-state index contributed by atoms with van der Waals surface area (Å²) in [4.78, 5) is 34.9. The average molecular weight is 378 g/mol. The van der Waals surface area contributed by atoms with Crippen LogP contribution in [0.4, 0.5) is 5.69 Å². The number of nitrogens with two attached hydrogens (primary N) is 1. The van der Waals surface area contributed by atoms with Gasteiger partial charge in [0, 0.05) is 31.7 Å². The molecule has 0 spiro atoms. The third kappa shape index (κ3) is 9.36. The molecule has 0 aliphatic carbocycles. The van der Waals surface area contributed by atoms with Crippen LogP contribution in [0.2, 0.25) is 0 Å². The van der Waals surface area contributed by atoms with Crippen LogP contribution in [0.3, 0.4) is 0 Å². The Labute approximate surface area is 158 Å². The summed E-state index contributed by atoms with van der Waals surface area (Å²) in [5.74, 6) is 3.36. The number of methoxy groups -OCH3 is 1. The number of anilines is 1. The number of nitrogens with one attached hydrogen (secondary N) is 2. The molecule has 0 aliphatic rings. The van der Waals surface area contributed by atoms with E-state index in [0.717, 1.165) is 5.56 Å². The number of aliphatic carboxylic acids is 1. The summed E-state index contributed by atoms with van der Waals surface area (Å²) in [6.45, 7) is 1.79. The molecule has 2 atom stereocenters. The molecule has 1 aromatic carbocycles. The van der Waals surface area contributed by atoms with Crippen molar-refractivity contribution in [1.82, 2.24) is 5.32 Å². The molecule has 5 N–H and O–H groups in total. The molecule has 9 nitrogen and oxygen atoms in total. The Morgan fingerprint density at radius 1 is 1.22 bits per heavy atom. The Morgan fingerprint density at radius 3 is 2.41 bits per heavy atom. The lowest BCUT2D eigenvalue weighted by atomic mass is 10.1. The van der Waals surface area contributed by atoms with Gasteiger partial charge in [-0.05, 0) is 31.0 Å². The van der Waals surface area contributed by atoms with Gasteiger partial charge in [-0.25, -0.2) is 0 Å². The largest absolute Gasteiger partial charge is 0.481 e. The topological polar surface area (TPSA) is 143 Å². The Morgan fingerprint density at radius 2 is 1.85 bits per heavy atom. The predicted molar refractivity (Wildman–Crippen MR) is 101 cm³/mol. The van der Waals surface area contributed by atoms with Crippen molar-refractivity contribution in [2.24, 2.45) is 10.9 Å². The molecule has 0 saturated heterocycles. The second-order valence-electron chi connectivity index (χ2n) is 6.09. The number of hydrazone groups is 1. The summed E-state index contributed by atoms with van der Waals surface area (Å²) in [6.07, 6.45) is 1.40. The number of nitrogens with zero attached hydrogens (tertiary/aromatic N) is 1. The standard InChI is InChI=1S/C18H26N4O5/c1-12(27-2)9-15(10-18(25)26)22-17(24)8-7-16(23)21-14-5-3-13(4-6-14)11-20-19/h3-6,11-12,15H,7-10,19H2,1-2H3,(H,21,23)(H,22,24)(H,25,26). The monoisotopic (exact) mass is 378 g/mol. The van der Waals surface area contributed by atoms with Crippen molar-refractivity contribution in [3.05, 3.63) is 29.8 Å². The molecule has 1 rings (SSSR count). The minimum Gasteiger partial charge on any atom is -0.481 e. The highest BCUT2D eigenvalue weighted by molar-refractivity contribution is 5.93. The molecule has 0 heterocycles. The van der Waals surface area contributed by atoms with E-state index < -0.39 is 12.0 Å². The number of carboxylic acid groups (broad SMARTS) is 1. The zero-order valence-electron chi connectivity index (χ0n) is 15.5. The number of hydrogen-bond acceptors (Lipinski definition) is 6. The van der Waals surface area contributed by atoms with Crippen molar-refractivity contribution in [2.45, 2.75) is 44.8 Å².